The van der Waals surface area contributed by atoms with Crippen LogP contribution in [-0.4, -0.2) is 54.8 Å². The molecule has 9 heteroatoms. The first-order valence-corrected chi connectivity index (χ1v) is 15.9. The minimum atomic E-state index is 0.0357. The van der Waals surface area contributed by atoms with Gasteiger partial charge in [-0.2, -0.15) is 0 Å². The zero-order chi connectivity index (χ0) is 31.5. The van der Waals surface area contributed by atoms with Crippen LogP contribution in [0.25, 0.3) is 0 Å². The lowest BCUT2D eigenvalue weighted by atomic mass is 10.3. The lowest BCUT2D eigenvalue weighted by Gasteiger charge is -2.00. The SMILES string of the molecule is C=C/C(C)=C\C=NCCSC(=O)CCC(=O)SCC[n+]1ccc(C=N)cc1.CNc1ccccc1.CNc1ccccc1. The van der Waals surface area contributed by atoms with Gasteiger partial charge >= 0.3 is 0 Å². The van der Waals surface area contributed by atoms with Gasteiger partial charge in [-0.25, -0.2) is 4.57 Å². The van der Waals surface area contributed by atoms with Crippen LogP contribution in [0.15, 0.2) is 114 Å². The average Bonchev–Trinajstić information content (AvgIpc) is 3.06. The van der Waals surface area contributed by atoms with Crippen molar-refractivity contribution in [1.82, 2.24) is 0 Å². The number of hydrogen-bond acceptors (Lipinski definition) is 8. The van der Waals surface area contributed by atoms with Crippen molar-refractivity contribution in [1.29, 1.82) is 5.41 Å². The van der Waals surface area contributed by atoms with E-state index in [9.17, 15) is 9.59 Å². The number of nitrogens with one attached hydrogen (secondary N) is 3. The normalized spacial score (nSPS) is 10.4. The first-order valence-electron chi connectivity index (χ1n) is 14.0. The van der Waals surface area contributed by atoms with E-state index in [2.05, 4.69) is 22.2 Å². The summed E-state index contributed by atoms with van der Waals surface area (Å²) in [6, 6.07) is 23.9. The molecule has 3 aromatic rings. The third kappa shape index (κ3) is 19.7. The molecule has 3 N–H and O–H groups in total. The van der Waals surface area contributed by atoms with Gasteiger partial charge in [-0.05, 0) is 37.3 Å². The van der Waals surface area contributed by atoms with Gasteiger partial charge in [0.05, 0.1) is 5.75 Å². The van der Waals surface area contributed by atoms with Gasteiger partial charge in [0.2, 0.25) is 0 Å². The summed E-state index contributed by atoms with van der Waals surface area (Å²) in [5.74, 6) is 1.29. The highest BCUT2D eigenvalue weighted by Gasteiger charge is 2.09. The number of carbonyl (C=O) groups is 2. The highest BCUT2D eigenvalue weighted by Crippen LogP contribution is 2.12. The molecule has 0 unspecified atom stereocenters. The minimum Gasteiger partial charge on any atom is -0.388 e. The number of pyridine rings is 1. The van der Waals surface area contributed by atoms with Crippen molar-refractivity contribution in [2.75, 3.05) is 42.8 Å². The van der Waals surface area contributed by atoms with Gasteiger partial charge in [0.1, 0.15) is 0 Å². The van der Waals surface area contributed by atoms with Gasteiger partial charge in [-0.1, -0.05) is 78.2 Å². The smallest absolute Gasteiger partial charge is 0.189 e. The van der Waals surface area contributed by atoms with Gasteiger partial charge in [-0.15, -0.1) is 0 Å². The molecule has 228 valence electrons. The Morgan fingerprint density at radius 2 is 1.37 bits per heavy atom. The van der Waals surface area contributed by atoms with E-state index in [1.165, 1.54) is 29.7 Å². The topological polar surface area (TPSA) is 98.3 Å². The van der Waals surface area contributed by atoms with Crippen LogP contribution in [0.3, 0.4) is 0 Å². The number of aryl methyl sites for hydroxylation is 1. The Hall–Kier alpha value is -3.95. The second kappa shape index (κ2) is 24.6. The summed E-state index contributed by atoms with van der Waals surface area (Å²) < 4.78 is 1.97. The van der Waals surface area contributed by atoms with Crippen molar-refractivity contribution in [2.45, 2.75) is 26.3 Å². The first-order chi connectivity index (χ1) is 20.9. The molecular formula is C34H44N5O2S2+. The molecule has 0 atom stereocenters. The molecule has 0 aliphatic carbocycles. The van der Waals surface area contributed by atoms with Crippen LogP contribution in [0.4, 0.5) is 11.4 Å². The molecule has 2 aromatic carbocycles. The Bertz CT molecular complexity index is 1230. The van der Waals surface area contributed by atoms with Crippen molar-refractivity contribution in [3.8, 4) is 0 Å². The molecule has 0 aliphatic rings. The zero-order valence-electron chi connectivity index (χ0n) is 25.4. The standard InChI is InChI=1S/C20H26N3O2S2.2C7H9N/c1-3-17(2)6-9-22-10-14-26-19(24)4-5-20(25)27-15-13-23-11-7-18(16-21)8-12-23;2*1-8-7-5-3-2-4-6-7/h3,6-9,11-12,16,21H,1,4-5,10,13-15H2,2H3;2*2-6,8H,1H3/q+1;;/b17-6-,21-16?,22-9?;;. The highest BCUT2D eigenvalue weighted by atomic mass is 32.2. The van der Waals surface area contributed by atoms with E-state index < -0.39 is 0 Å². The maximum absolute atomic E-state index is 11.9. The molecule has 7 nitrogen and oxygen atoms in total. The first kappa shape index (κ1) is 37.1. The number of allylic oxidation sites excluding steroid dienone is 3. The highest BCUT2D eigenvalue weighted by molar-refractivity contribution is 8.14. The molecule has 3 rings (SSSR count). The van der Waals surface area contributed by atoms with E-state index in [4.69, 9.17) is 5.41 Å². The molecule has 0 saturated heterocycles. The number of nitrogens with zero attached hydrogens (tertiary/aromatic N) is 2. The van der Waals surface area contributed by atoms with Gasteiger partial charge in [0.25, 0.3) is 0 Å². The molecule has 0 radical (unpaired) electrons. The second-order valence-corrected chi connectivity index (χ2v) is 11.2. The van der Waals surface area contributed by atoms with Crippen LogP contribution in [0.1, 0.15) is 25.3 Å². The lowest BCUT2D eigenvalue weighted by Crippen LogP contribution is -2.34. The van der Waals surface area contributed by atoms with Gasteiger partial charge in [0.15, 0.2) is 29.2 Å². The number of anilines is 2. The van der Waals surface area contributed by atoms with E-state index in [0.29, 0.717) is 18.1 Å². The second-order valence-electron chi connectivity index (χ2n) is 8.86. The van der Waals surface area contributed by atoms with Crippen LogP contribution in [0.2, 0.25) is 0 Å². The fraction of sp³-hybridized carbons (Fsp3) is 0.265. The van der Waals surface area contributed by atoms with Crippen molar-refractivity contribution in [2.24, 2.45) is 4.99 Å². The number of para-hydroxylation sites is 2. The number of aliphatic imine (C=N–C) groups is 1. The molecular weight excluding hydrogens is 575 g/mol. The monoisotopic (exact) mass is 618 g/mol. The fourth-order valence-corrected chi connectivity index (χ4v) is 4.51. The molecule has 0 amide bonds. The van der Waals surface area contributed by atoms with Gasteiger partial charge < -0.3 is 16.0 Å². The molecule has 0 spiro atoms. The largest absolute Gasteiger partial charge is 0.388 e. The van der Waals surface area contributed by atoms with Crippen molar-refractivity contribution < 1.29 is 14.2 Å². The summed E-state index contributed by atoms with van der Waals surface area (Å²) in [5.41, 5.74) is 4.21. The van der Waals surface area contributed by atoms with Gasteiger partial charge in [0, 0.05) is 80.7 Å². The van der Waals surface area contributed by atoms with Crippen molar-refractivity contribution in [3.05, 3.63) is 115 Å². The molecule has 43 heavy (non-hydrogen) atoms. The number of hydrogen-bond donors (Lipinski definition) is 3. The summed E-state index contributed by atoms with van der Waals surface area (Å²) in [4.78, 5) is 27.9. The molecule has 1 aromatic heterocycles. The number of carbonyl (C=O) groups excluding carboxylic acids is 2. The van der Waals surface area contributed by atoms with E-state index in [0.717, 1.165) is 29.1 Å². The minimum absolute atomic E-state index is 0.0357. The Morgan fingerprint density at radius 1 is 0.860 bits per heavy atom. The van der Waals surface area contributed by atoms with E-state index >= 15 is 0 Å². The number of thioether (sulfide) groups is 2. The van der Waals surface area contributed by atoms with E-state index in [1.54, 1.807) is 12.3 Å². The Balaban J connectivity index is 0.000000461. The Labute approximate surface area is 265 Å². The van der Waals surface area contributed by atoms with Crippen LogP contribution in [0.5, 0.6) is 0 Å². The molecule has 0 fully saturated rings. The molecule has 1 heterocycles. The summed E-state index contributed by atoms with van der Waals surface area (Å²) in [6.45, 7) is 6.90. The number of aromatic nitrogens is 1. The predicted molar refractivity (Wildman–Crippen MR) is 188 cm³/mol. The van der Waals surface area contributed by atoms with Gasteiger partial charge in [-0.3, -0.25) is 14.6 Å². The average molecular weight is 619 g/mol. The third-order valence-electron chi connectivity index (χ3n) is 5.60. The maximum atomic E-state index is 11.9. The molecule has 0 aliphatic heterocycles. The fourth-order valence-electron chi connectivity index (χ4n) is 3.06. The number of rotatable bonds is 14. The van der Waals surface area contributed by atoms with Crippen LogP contribution in [-0.2, 0) is 16.1 Å². The predicted octanol–water partition coefficient (Wildman–Crippen LogP) is 6.93. The Morgan fingerprint density at radius 3 is 1.81 bits per heavy atom. The summed E-state index contributed by atoms with van der Waals surface area (Å²) in [7, 11) is 3.82. The van der Waals surface area contributed by atoms with Crippen molar-refractivity contribution in [3.63, 3.8) is 0 Å². The van der Waals surface area contributed by atoms with Crippen LogP contribution < -0.4 is 15.2 Å². The van der Waals surface area contributed by atoms with E-state index in [-0.39, 0.29) is 23.1 Å². The zero-order valence-corrected chi connectivity index (χ0v) is 27.0. The van der Waals surface area contributed by atoms with Crippen LogP contribution >= 0.6 is 23.5 Å². The van der Waals surface area contributed by atoms with Crippen molar-refractivity contribution >= 4 is 57.6 Å². The maximum Gasteiger partial charge on any atom is 0.189 e. The summed E-state index contributed by atoms with van der Waals surface area (Å²) >= 11 is 2.49. The summed E-state index contributed by atoms with van der Waals surface area (Å²) in [6.07, 6.45) is 11.0. The van der Waals surface area contributed by atoms with E-state index in [1.807, 2.05) is 117 Å². The lowest BCUT2D eigenvalue weighted by molar-refractivity contribution is -0.692. The molecule has 0 saturated carbocycles. The third-order valence-corrected chi connectivity index (χ3v) is 7.43. The summed E-state index contributed by atoms with van der Waals surface area (Å²) in [5, 5.41) is 13.3. The molecule has 0 bridgehead atoms. The number of benzene rings is 2. The Kier molecular flexibility index (Phi) is 21.2. The quantitative estimate of drug-likeness (QED) is 0.0785. The van der Waals surface area contributed by atoms with Crippen LogP contribution in [0, 0.1) is 5.41 Å².